The summed E-state index contributed by atoms with van der Waals surface area (Å²) in [4.78, 5) is 22.0. The third kappa shape index (κ3) is 3.04. The normalized spacial score (nSPS) is 13.5. The molecule has 2 heterocycles. The summed E-state index contributed by atoms with van der Waals surface area (Å²) in [5.41, 5.74) is 1.26. The number of hydrogen-bond donors (Lipinski definition) is 1. The summed E-state index contributed by atoms with van der Waals surface area (Å²) in [6.45, 7) is 6.72. The van der Waals surface area contributed by atoms with Crippen LogP contribution in [0.1, 0.15) is 31.7 Å². The molecule has 1 N–H and O–H groups in total. The van der Waals surface area contributed by atoms with E-state index in [1.807, 2.05) is 0 Å². The van der Waals surface area contributed by atoms with E-state index in [1.165, 1.54) is 6.33 Å². The van der Waals surface area contributed by atoms with Crippen LogP contribution in [0.3, 0.4) is 0 Å². The number of aromatic nitrogens is 3. The number of nitrogens with one attached hydrogen (secondary N) is 1. The Kier molecular flexibility index (Phi) is 3.75. The predicted octanol–water partition coefficient (Wildman–Crippen LogP) is 2.86. The Hall–Kier alpha value is -1.62. The molecule has 0 saturated heterocycles. The lowest BCUT2D eigenvalue weighted by molar-refractivity contribution is -0.107. The molecule has 0 aromatic carbocycles. The maximum Gasteiger partial charge on any atom is 0.226 e. The summed E-state index contributed by atoms with van der Waals surface area (Å²) in [5, 5.41) is -0.0735. The van der Waals surface area contributed by atoms with E-state index >= 15 is 0 Å². The minimum atomic E-state index is -0.739. The van der Waals surface area contributed by atoms with Gasteiger partial charge >= 0.3 is 0 Å². The highest BCUT2D eigenvalue weighted by Crippen LogP contribution is 2.32. The van der Waals surface area contributed by atoms with Crippen LogP contribution < -0.4 is 4.74 Å². The van der Waals surface area contributed by atoms with Gasteiger partial charge in [0.15, 0.2) is 0 Å². The van der Waals surface area contributed by atoms with Gasteiger partial charge in [0.1, 0.15) is 23.6 Å². The van der Waals surface area contributed by atoms with E-state index in [2.05, 4.69) is 35.7 Å². The first kappa shape index (κ1) is 13.8. The molecular weight excluding hydrogens is 266 g/mol. The topological polar surface area (TPSA) is 67.9 Å². The van der Waals surface area contributed by atoms with E-state index in [1.54, 1.807) is 6.20 Å². The van der Waals surface area contributed by atoms with Gasteiger partial charge in [-0.25, -0.2) is 9.97 Å². The molecule has 0 fully saturated rings. The standard InChI is InChI=1S/C13H16ClN3O2/c1-13(2,3)6-19-12-10-8(9(14)5-18)4-15-11(10)16-7-17-12/h4-5,7,9H,6H2,1-3H3,(H,15,16,17). The minimum Gasteiger partial charge on any atom is -0.477 e. The van der Waals surface area contributed by atoms with Crippen molar-refractivity contribution in [2.75, 3.05) is 6.61 Å². The summed E-state index contributed by atoms with van der Waals surface area (Å²) in [5.74, 6) is 0.448. The molecule has 0 bridgehead atoms. The van der Waals surface area contributed by atoms with E-state index in [0.717, 1.165) is 0 Å². The first-order valence-electron chi connectivity index (χ1n) is 5.96. The Morgan fingerprint density at radius 2 is 2.21 bits per heavy atom. The van der Waals surface area contributed by atoms with Crippen LogP contribution in [0.5, 0.6) is 5.88 Å². The molecule has 102 valence electrons. The summed E-state index contributed by atoms with van der Waals surface area (Å²) < 4.78 is 5.73. The van der Waals surface area contributed by atoms with Crippen molar-refractivity contribution in [3.8, 4) is 5.88 Å². The number of carbonyl (C=O) groups is 1. The molecule has 2 aromatic heterocycles. The minimum absolute atomic E-state index is 0.0127. The van der Waals surface area contributed by atoms with Crippen LogP contribution in [-0.2, 0) is 4.79 Å². The van der Waals surface area contributed by atoms with Gasteiger partial charge in [-0.1, -0.05) is 20.8 Å². The molecule has 0 saturated carbocycles. The molecule has 2 rings (SSSR count). The third-order valence-electron chi connectivity index (χ3n) is 2.52. The van der Waals surface area contributed by atoms with Gasteiger partial charge in [0.05, 0.1) is 12.0 Å². The number of alkyl halides is 1. The van der Waals surface area contributed by atoms with Crippen LogP contribution in [0.2, 0.25) is 0 Å². The van der Waals surface area contributed by atoms with Crippen molar-refractivity contribution in [3.63, 3.8) is 0 Å². The van der Waals surface area contributed by atoms with E-state index in [0.29, 0.717) is 35.4 Å². The number of nitrogens with zero attached hydrogens (tertiary/aromatic N) is 2. The van der Waals surface area contributed by atoms with Crippen LogP contribution in [0.25, 0.3) is 11.0 Å². The van der Waals surface area contributed by atoms with E-state index < -0.39 is 5.38 Å². The number of aldehydes is 1. The fourth-order valence-electron chi connectivity index (χ4n) is 1.64. The molecule has 5 nitrogen and oxygen atoms in total. The fourth-order valence-corrected chi connectivity index (χ4v) is 1.81. The lowest BCUT2D eigenvalue weighted by Gasteiger charge is -2.18. The first-order chi connectivity index (χ1) is 8.92. The zero-order chi connectivity index (χ0) is 14.0. The zero-order valence-electron chi connectivity index (χ0n) is 11.1. The van der Waals surface area contributed by atoms with Crippen molar-refractivity contribution in [2.45, 2.75) is 26.1 Å². The number of ether oxygens (including phenoxy) is 1. The second-order valence-corrected chi connectivity index (χ2v) is 6.00. The van der Waals surface area contributed by atoms with Gasteiger partial charge < -0.3 is 14.5 Å². The number of rotatable bonds is 4. The van der Waals surface area contributed by atoms with Crippen molar-refractivity contribution < 1.29 is 9.53 Å². The van der Waals surface area contributed by atoms with Gasteiger partial charge in [-0.05, 0) is 5.41 Å². The number of hydrogen-bond acceptors (Lipinski definition) is 4. The predicted molar refractivity (Wildman–Crippen MR) is 73.5 cm³/mol. The molecule has 0 aliphatic carbocycles. The Balaban J connectivity index is 2.42. The van der Waals surface area contributed by atoms with Gasteiger partial charge in [-0.2, -0.15) is 0 Å². The number of H-pyrrole nitrogens is 1. The molecule has 0 spiro atoms. The lowest BCUT2D eigenvalue weighted by Crippen LogP contribution is -2.17. The number of halogens is 1. The smallest absolute Gasteiger partial charge is 0.226 e. The Labute approximate surface area is 116 Å². The van der Waals surface area contributed by atoms with Crippen molar-refractivity contribution in [1.29, 1.82) is 0 Å². The second kappa shape index (κ2) is 5.17. The summed E-state index contributed by atoms with van der Waals surface area (Å²) in [6, 6.07) is 0. The van der Waals surface area contributed by atoms with Crippen molar-refractivity contribution in [1.82, 2.24) is 15.0 Å². The summed E-state index contributed by atoms with van der Waals surface area (Å²) >= 11 is 5.97. The van der Waals surface area contributed by atoms with Crippen molar-refractivity contribution >= 4 is 28.9 Å². The maximum atomic E-state index is 10.8. The first-order valence-corrected chi connectivity index (χ1v) is 6.40. The quantitative estimate of drug-likeness (QED) is 0.691. The zero-order valence-corrected chi connectivity index (χ0v) is 11.9. The number of aromatic amines is 1. The van der Waals surface area contributed by atoms with Gasteiger partial charge in [-0.15, -0.1) is 11.6 Å². The van der Waals surface area contributed by atoms with E-state index in [4.69, 9.17) is 16.3 Å². The fraction of sp³-hybridized carbons (Fsp3) is 0.462. The molecule has 6 heteroatoms. The van der Waals surface area contributed by atoms with E-state index in [9.17, 15) is 4.79 Å². The molecular formula is C13H16ClN3O2. The van der Waals surface area contributed by atoms with Crippen LogP contribution >= 0.6 is 11.6 Å². The Morgan fingerprint density at radius 1 is 1.47 bits per heavy atom. The second-order valence-electron chi connectivity index (χ2n) is 5.53. The maximum absolute atomic E-state index is 10.8. The Morgan fingerprint density at radius 3 is 2.84 bits per heavy atom. The van der Waals surface area contributed by atoms with Gasteiger partial charge in [0.25, 0.3) is 0 Å². The highest BCUT2D eigenvalue weighted by Gasteiger charge is 2.19. The molecule has 1 atom stereocenters. The van der Waals surface area contributed by atoms with Crippen LogP contribution in [0.4, 0.5) is 0 Å². The van der Waals surface area contributed by atoms with Crippen LogP contribution in [0.15, 0.2) is 12.5 Å². The van der Waals surface area contributed by atoms with Gasteiger partial charge in [-0.3, -0.25) is 0 Å². The highest BCUT2D eigenvalue weighted by atomic mass is 35.5. The highest BCUT2D eigenvalue weighted by molar-refractivity contribution is 6.28. The van der Waals surface area contributed by atoms with Gasteiger partial charge in [0.2, 0.25) is 5.88 Å². The molecule has 2 aromatic rings. The molecule has 0 amide bonds. The average Bonchev–Trinajstić information content (AvgIpc) is 2.78. The van der Waals surface area contributed by atoms with E-state index in [-0.39, 0.29) is 5.41 Å². The molecule has 0 radical (unpaired) electrons. The third-order valence-corrected chi connectivity index (χ3v) is 2.86. The van der Waals surface area contributed by atoms with Gasteiger partial charge in [0, 0.05) is 11.8 Å². The van der Waals surface area contributed by atoms with Crippen LogP contribution in [-0.4, -0.2) is 27.8 Å². The SMILES string of the molecule is CC(C)(C)COc1ncnc2[nH]cc(C(Cl)C=O)c12. The molecule has 0 aliphatic heterocycles. The molecule has 1 unspecified atom stereocenters. The number of carbonyl (C=O) groups excluding carboxylic acids is 1. The average molecular weight is 282 g/mol. The molecule has 19 heavy (non-hydrogen) atoms. The van der Waals surface area contributed by atoms with Crippen LogP contribution in [0, 0.1) is 5.41 Å². The summed E-state index contributed by atoms with van der Waals surface area (Å²) in [7, 11) is 0. The Bertz CT molecular complexity index is 589. The summed E-state index contributed by atoms with van der Waals surface area (Å²) in [6.07, 6.45) is 3.75. The monoisotopic (exact) mass is 281 g/mol. The lowest BCUT2D eigenvalue weighted by atomic mass is 9.99. The largest absolute Gasteiger partial charge is 0.477 e. The van der Waals surface area contributed by atoms with Crippen molar-refractivity contribution in [2.24, 2.45) is 5.41 Å². The van der Waals surface area contributed by atoms with Crippen molar-refractivity contribution in [3.05, 3.63) is 18.1 Å². The molecule has 0 aliphatic rings. The number of fused-ring (bicyclic) bond motifs is 1.